The number of amides is 2. The van der Waals surface area contributed by atoms with Crippen LogP contribution >= 0.6 is 11.6 Å². The summed E-state index contributed by atoms with van der Waals surface area (Å²) in [6, 6.07) is 15.6. The molecule has 0 bridgehead atoms. The molecule has 5 rings (SSSR count). The van der Waals surface area contributed by atoms with Crippen LogP contribution in [0.5, 0.6) is 0 Å². The Bertz CT molecular complexity index is 1330. The van der Waals surface area contributed by atoms with E-state index >= 15 is 0 Å². The Balaban J connectivity index is 1.12. The Morgan fingerprint density at radius 1 is 0.868 bits per heavy atom. The van der Waals surface area contributed by atoms with Crippen molar-refractivity contribution in [3.63, 3.8) is 0 Å². The van der Waals surface area contributed by atoms with E-state index in [-0.39, 0.29) is 22.1 Å². The van der Waals surface area contributed by atoms with Gasteiger partial charge in [-0.1, -0.05) is 29.8 Å². The largest absolute Gasteiger partial charge is 0.371 e. The Kier molecular flexibility index (Phi) is 7.61. The summed E-state index contributed by atoms with van der Waals surface area (Å²) in [6.45, 7) is 3.18. The van der Waals surface area contributed by atoms with Gasteiger partial charge >= 0.3 is 0 Å². The van der Waals surface area contributed by atoms with E-state index in [9.17, 15) is 22.8 Å². The number of fused-ring (bicyclic) bond motifs is 1. The zero-order chi connectivity index (χ0) is 26.8. The van der Waals surface area contributed by atoms with Crippen molar-refractivity contribution < 1.29 is 22.8 Å². The number of hydrogen-bond acceptors (Lipinski definition) is 3. The van der Waals surface area contributed by atoms with E-state index in [1.807, 2.05) is 12.1 Å². The van der Waals surface area contributed by atoms with Crippen molar-refractivity contribution in [3.8, 4) is 0 Å². The van der Waals surface area contributed by atoms with Gasteiger partial charge in [0.25, 0.3) is 11.8 Å². The third-order valence-electron chi connectivity index (χ3n) is 7.34. The third-order valence-corrected chi connectivity index (χ3v) is 7.65. The fraction of sp³-hybridized carbons (Fsp3) is 0.310. The average Bonchev–Trinajstić information content (AvgIpc) is 3.48. The van der Waals surface area contributed by atoms with E-state index in [2.05, 4.69) is 22.3 Å². The van der Waals surface area contributed by atoms with Crippen LogP contribution in [0.15, 0.2) is 60.7 Å². The Labute approximate surface area is 224 Å². The molecule has 2 heterocycles. The van der Waals surface area contributed by atoms with Gasteiger partial charge in [-0.15, -0.1) is 0 Å². The lowest BCUT2D eigenvalue weighted by Gasteiger charge is -2.24. The minimum atomic E-state index is -1.05. The van der Waals surface area contributed by atoms with Crippen LogP contribution in [-0.2, 0) is 6.42 Å². The van der Waals surface area contributed by atoms with Crippen molar-refractivity contribution in [1.82, 2.24) is 10.2 Å². The summed E-state index contributed by atoms with van der Waals surface area (Å²) < 4.78 is 40.6. The van der Waals surface area contributed by atoms with Crippen LogP contribution in [0.25, 0.3) is 0 Å². The highest BCUT2D eigenvalue weighted by Gasteiger charge is 2.42. The normalized spacial score (nSPS) is 18.5. The molecule has 2 unspecified atom stereocenters. The lowest BCUT2D eigenvalue weighted by atomic mass is 10.0. The molecule has 38 heavy (non-hydrogen) atoms. The molecule has 1 N–H and O–H groups in total. The number of carbonyl (C=O) groups excluding carboxylic acids is 2. The van der Waals surface area contributed by atoms with Crippen molar-refractivity contribution in [2.24, 2.45) is 11.8 Å². The summed E-state index contributed by atoms with van der Waals surface area (Å²) >= 11 is 6.10. The molecule has 5 nitrogen and oxygen atoms in total. The van der Waals surface area contributed by atoms with Gasteiger partial charge in [-0.3, -0.25) is 9.59 Å². The quantitative estimate of drug-likeness (QED) is 0.412. The first kappa shape index (κ1) is 26.1. The number of halogens is 4. The molecule has 2 atom stereocenters. The number of anilines is 1. The molecule has 0 spiro atoms. The molecule has 0 aromatic heterocycles. The number of likely N-dealkylation sites (tertiary alicyclic amines) is 1. The van der Waals surface area contributed by atoms with Gasteiger partial charge in [0.1, 0.15) is 5.82 Å². The van der Waals surface area contributed by atoms with Crippen LogP contribution in [-0.4, -0.2) is 49.4 Å². The molecule has 3 aromatic carbocycles. The number of hydrogen-bond donors (Lipinski definition) is 1. The molecule has 0 aliphatic carbocycles. The summed E-state index contributed by atoms with van der Waals surface area (Å²) in [5.41, 5.74) is 2.27. The van der Waals surface area contributed by atoms with Gasteiger partial charge in [0, 0.05) is 55.8 Å². The van der Waals surface area contributed by atoms with Crippen molar-refractivity contribution in [2.45, 2.75) is 12.8 Å². The maximum absolute atomic E-state index is 14.2. The highest BCUT2D eigenvalue weighted by atomic mass is 35.5. The lowest BCUT2D eigenvalue weighted by Crippen LogP contribution is -2.34. The van der Waals surface area contributed by atoms with Crippen LogP contribution in [0, 0.1) is 29.3 Å². The third kappa shape index (κ3) is 5.50. The molecule has 0 radical (unpaired) electrons. The number of nitrogens with one attached hydrogen (secondary N) is 1. The van der Waals surface area contributed by atoms with E-state index in [0.29, 0.717) is 37.9 Å². The molecule has 2 saturated heterocycles. The molecule has 2 aliphatic heterocycles. The zero-order valence-corrected chi connectivity index (χ0v) is 21.4. The van der Waals surface area contributed by atoms with E-state index in [1.165, 1.54) is 24.3 Å². The monoisotopic (exact) mass is 541 g/mol. The highest BCUT2D eigenvalue weighted by Crippen LogP contribution is 2.35. The Morgan fingerprint density at radius 2 is 1.61 bits per heavy atom. The smallest absolute Gasteiger partial charge is 0.258 e. The lowest BCUT2D eigenvalue weighted by molar-refractivity contribution is 0.0777. The van der Waals surface area contributed by atoms with Crippen molar-refractivity contribution >= 4 is 29.1 Å². The van der Waals surface area contributed by atoms with Gasteiger partial charge in [-0.05, 0) is 60.9 Å². The first-order valence-corrected chi connectivity index (χ1v) is 13.0. The standard InChI is InChI=1S/C29H27ClF3N3O2/c30-23-7-2-8-25(32)27(23)29(38)36-16-20-14-35(15-21(20)17-36)22-6-1-4-18(12-22)5-3-11-34-28(37)19-9-10-24(31)26(33)13-19/h1-2,4,6-10,12-13,20-21H,3,5,11,14-17H2,(H,34,37). The molecular weight excluding hydrogens is 515 g/mol. The number of nitrogens with zero attached hydrogens (tertiary/aromatic N) is 2. The van der Waals surface area contributed by atoms with Crippen molar-refractivity contribution in [2.75, 3.05) is 37.6 Å². The maximum atomic E-state index is 14.2. The molecular formula is C29H27ClF3N3O2. The first-order valence-electron chi connectivity index (χ1n) is 12.6. The van der Waals surface area contributed by atoms with Crippen molar-refractivity contribution in [3.05, 3.63) is 99.8 Å². The number of rotatable bonds is 7. The van der Waals surface area contributed by atoms with Gasteiger partial charge in [0.2, 0.25) is 0 Å². The molecule has 9 heteroatoms. The van der Waals surface area contributed by atoms with Gasteiger partial charge in [0.15, 0.2) is 11.6 Å². The minimum Gasteiger partial charge on any atom is -0.371 e. The first-order chi connectivity index (χ1) is 18.3. The molecule has 2 fully saturated rings. The molecule has 2 aliphatic rings. The van der Waals surface area contributed by atoms with Crippen LogP contribution < -0.4 is 10.2 Å². The Hall–Kier alpha value is -3.52. The van der Waals surface area contributed by atoms with E-state index in [4.69, 9.17) is 11.6 Å². The van der Waals surface area contributed by atoms with E-state index < -0.39 is 23.4 Å². The van der Waals surface area contributed by atoms with Crippen LogP contribution in [0.4, 0.5) is 18.9 Å². The van der Waals surface area contributed by atoms with Gasteiger partial charge < -0.3 is 15.1 Å². The van der Waals surface area contributed by atoms with Crippen LogP contribution in [0.1, 0.15) is 32.7 Å². The van der Waals surface area contributed by atoms with Crippen molar-refractivity contribution in [1.29, 1.82) is 0 Å². The average molecular weight is 542 g/mol. The minimum absolute atomic E-state index is 0.0558. The summed E-state index contributed by atoms with van der Waals surface area (Å²) in [4.78, 5) is 29.1. The second-order valence-electron chi connectivity index (χ2n) is 9.89. The van der Waals surface area contributed by atoms with Crippen LogP contribution in [0.2, 0.25) is 5.02 Å². The SMILES string of the molecule is O=C(NCCCc1cccc(N2CC3CN(C(=O)c4c(F)cccc4Cl)CC3C2)c1)c1ccc(F)c(F)c1. The Morgan fingerprint density at radius 3 is 2.32 bits per heavy atom. The molecule has 3 aromatic rings. The summed E-state index contributed by atoms with van der Waals surface area (Å²) in [5.74, 6) is -2.81. The zero-order valence-electron chi connectivity index (χ0n) is 20.6. The predicted molar refractivity (Wildman–Crippen MR) is 140 cm³/mol. The summed E-state index contributed by atoms with van der Waals surface area (Å²) in [7, 11) is 0. The molecule has 2 amide bonds. The molecule has 198 valence electrons. The number of carbonyl (C=O) groups is 2. The maximum Gasteiger partial charge on any atom is 0.258 e. The summed E-state index contributed by atoms with van der Waals surface area (Å²) in [6.07, 6.45) is 1.44. The second kappa shape index (κ2) is 11.1. The van der Waals surface area contributed by atoms with Gasteiger partial charge in [-0.25, -0.2) is 13.2 Å². The highest BCUT2D eigenvalue weighted by molar-refractivity contribution is 6.33. The predicted octanol–water partition coefficient (Wildman–Crippen LogP) is 5.33. The van der Waals surface area contributed by atoms with Gasteiger partial charge in [0.05, 0.1) is 10.6 Å². The molecule has 0 saturated carbocycles. The fourth-order valence-electron chi connectivity index (χ4n) is 5.37. The van der Waals surface area contributed by atoms with Crippen LogP contribution in [0.3, 0.4) is 0 Å². The number of benzene rings is 3. The van der Waals surface area contributed by atoms with E-state index in [0.717, 1.165) is 42.9 Å². The second-order valence-corrected chi connectivity index (χ2v) is 10.3. The topological polar surface area (TPSA) is 52.7 Å². The fourth-order valence-corrected chi connectivity index (χ4v) is 5.62. The van der Waals surface area contributed by atoms with E-state index in [1.54, 1.807) is 4.90 Å². The summed E-state index contributed by atoms with van der Waals surface area (Å²) in [5, 5.41) is 2.88. The van der Waals surface area contributed by atoms with Gasteiger partial charge in [-0.2, -0.15) is 0 Å². The number of aryl methyl sites for hydroxylation is 1.